The molecule has 0 heterocycles. The summed E-state index contributed by atoms with van der Waals surface area (Å²) in [5.41, 5.74) is 1.58. The van der Waals surface area contributed by atoms with Gasteiger partial charge in [0.2, 0.25) is 0 Å². The summed E-state index contributed by atoms with van der Waals surface area (Å²) in [6.45, 7) is 1.91. The van der Waals surface area contributed by atoms with E-state index >= 15 is 0 Å². The van der Waals surface area contributed by atoms with E-state index in [1.165, 1.54) is 12.1 Å². The second kappa shape index (κ2) is 5.88. The van der Waals surface area contributed by atoms with E-state index in [9.17, 15) is 8.78 Å². The van der Waals surface area contributed by atoms with Gasteiger partial charge in [0, 0.05) is 12.1 Å². The lowest BCUT2D eigenvalue weighted by Gasteiger charge is -2.13. The normalized spacial score (nSPS) is 10.6. The van der Waals surface area contributed by atoms with Crippen LogP contribution < -0.4 is 5.32 Å². The van der Waals surface area contributed by atoms with Crippen LogP contribution in [0.2, 0.25) is 5.02 Å². The monoisotopic (exact) mass is 345 g/mol. The summed E-state index contributed by atoms with van der Waals surface area (Å²) >= 11 is 9.09. The Balaban J connectivity index is 2.27. The Morgan fingerprint density at radius 3 is 2.63 bits per heavy atom. The number of hydrogen-bond donors (Lipinski definition) is 1. The van der Waals surface area contributed by atoms with Crippen molar-refractivity contribution in [1.82, 2.24) is 0 Å². The van der Waals surface area contributed by atoms with Gasteiger partial charge in [-0.05, 0) is 46.6 Å². The molecule has 0 saturated carbocycles. The predicted molar refractivity (Wildman–Crippen MR) is 77.6 cm³/mol. The minimum absolute atomic E-state index is 0.0197. The maximum Gasteiger partial charge on any atom is 0.145 e. The van der Waals surface area contributed by atoms with Gasteiger partial charge in [-0.25, -0.2) is 8.78 Å². The molecule has 0 aromatic heterocycles. The van der Waals surface area contributed by atoms with Gasteiger partial charge in [0.25, 0.3) is 0 Å². The molecule has 0 spiro atoms. The van der Waals surface area contributed by atoms with Crippen LogP contribution in [-0.4, -0.2) is 0 Å². The van der Waals surface area contributed by atoms with E-state index in [1.807, 2.05) is 19.1 Å². The number of benzene rings is 2. The van der Waals surface area contributed by atoms with Crippen molar-refractivity contribution in [3.63, 3.8) is 0 Å². The van der Waals surface area contributed by atoms with Crippen LogP contribution in [0.5, 0.6) is 0 Å². The third-order valence-corrected chi connectivity index (χ3v) is 3.73. The molecule has 5 heteroatoms. The van der Waals surface area contributed by atoms with Crippen LogP contribution in [0.1, 0.15) is 11.1 Å². The highest BCUT2D eigenvalue weighted by Crippen LogP contribution is 2.27. The Morgan fingerprint density at radius 1 is 1.21 bits per heavy atom. The maximum atomic E-state index is 13.8. The summed E-state index contributed by atoms with van der Waals surface area (Å²) < 4.78 is 27.6. The lowest BCUT2D eigenvalue weighted by atomic mass is 10.1. The van der Waals surface area contributed by atoms with E-state index in [0.29, 0.717) is 10.7 Å². The van der Waals surface area contributed by atoms with Crippen LogP contribution in [0.3, 0.4) is 0 Å². The van der Waals surface area contributed by atoms with Gasteiger partial charge in [-0.15, -0.1) is 0 Å². The molecule has 0 unspecified atom stereocenters. The molecule has 100 valence electrons. The lowest BCUT2D eigenvalue weighted by molar-refractivity contribution is 0.555. The first-order chi connectivity index (χ1) is 9.00. The molecule has 2 aromatic rings. The summed E-state index contributed by atoms with van der Waals surface area (Å²) in [6, 6.07) is 7.99. The summed E-state index contributed by atoms with van der Waals surface area (Å²) in [7, 11) is 0. The molecule has 0 fully saturated rings. The highest BCUT2D eigenvalue weighted by atomic mass is 79.9. The van der Waals surface area contributed by atoms with Gasteiger partial charge >= 0.3 is 0 Å². The van der Waals surface area contributed by atoms with Gasteiger partial charge in [0.05, 0.1) is 15.2 Å². The minimum atomic E-state index is -0.600. The van der Waals surface area contributed by atoms with E-state index in [1.54, 1.807) is 6.07 Å². The van der Waals surface area contributed by atoms with Crippen molar-refractivity contribution in [2.75, 3.05) is 5.32 Å². The summed E-state index contributed by atoms with van der Waals surface area (Å²) in [5, 5.41) is 3.50. The van der Waals surface area contributed by atoms with Crippen molar-refractivity contribution in [3.8, 4) is 0 Å². The van der Waals surface area contributed by atoms with E-state index in [0.717, 1.165) is 5.56 Å². The molecule has 1 N–H and O–H groups in total. The fourth-order valence-electron chi connectivity index (χ4n) is 1.76. The molecule has 0 aliphatic heterocycles. The van der Waals surface area contributed by atoms with Gasteiger partial charge in [-0.3, -0.25) is 0 Å². The number of anilines is 1. The Kier molecular flexibility index (Phi) is 4.42. The molecule has 1 nitrogen and oxygen atoms in total. The van der Waals surface area contributed by atoms with Gasteiger partial charge in [0.1, 0.15) is 11.6 Å². The minimum Gasteiger partial charge on any atom is -0.379 e. The van der Waals surface area contributed by atoms with Gasteiger partial charge < -0.3 is 5.32 Å². The van der Waals surface area contributed by atoms with E-state index in [4.69, 9.17) is 11.6 Å². The smallest absolute Gasteiger partial charge is 0.145 e. The lowest BCUT2D eigenvalue weighted by Crippen LogP contribution is -2.06. The summed E-state index contributed by atoms with van der Waals surface area (Å²) in [6.07, 6.45) is 0. The standard InChI is InChI=1S/C14H11BrClF2N/c1-8-3-2-4-11(16)14(8)19-7-9-12(17)6-5-10(15)13(9)18/h2-6,19H,7H2,1H3. The van der Waals surface area contributed by atoms with Crippen molar-refractivity contribution in [2.24, 2.45) is 0 Å². The number of hydrogen-bond acceptors (Lipinski definition) is 1. The van der Waals surface area contributed by atoms with Crippen molar-refractivity contribution in [1.29, 1.82) is 0 Å². The highest BCUT2D eigenvalue weighted by Gasteiger charge is 2.13. The maximum absolute atomic E-state index is 13.8. The first kappa shape index (κ1) is 14.3. The molecule has 19 heavy (non-hydrogen) atoms. The zero-order valence-electron chi connectivity index (χ0n) is 10.1. The number of halogens is 4. The third kappa shape index (κ3) is 3.07. The van der Waals surface area contributed by atoms with Gasteiger partial charge in [0.15, 0.2) is 0 Å². The van der Waals surface area contributed by atoms with Crippen LogP contribution in [0.15, 0.2) is 34.8 Å². The fraction of sp³-hybridized carbons (Fsp3) is 0.143. The Labute approximate surface area is 123 Å². The topological polar surface area (TPSA) is 12.0 Å². The van der Waals surface area contributed by atoms with Crippen molar-refractivity contribution < 1.29 is 8.78 Å². The molecule has 0 saturated heterocycles. The highest BCUT2D eigenvalue weighted by molar-refractivity contribution is 9.10. The van der Waals surface area contributed by atoms with Crippen LogP contribution in [0.25, 0.3) is 0 Å². The van der Waals surface area contributed by atoms with E-state index in [-0.39, 0.29) is 16.6 Å². The van der Waals surface area contributed by atoms with E-state index < -0.39 is 11.6 Å². The molecule has 0 aliphatic rings. The molecule has 0 aliphatic carbocycles. The first-order valence-electron chi connectivity index (χ1n) is 5.62. The largest absolute Gasteiger partial charge is 0.379 e. The van der Waals surface area contributed by atoms with Crippen LogP contribution in [-0.2, 0) is 6.54 Å². The van der Waals surface area contributed by atoms with Crippen molar-refractivity contribution >= 4 is 33.2 Å². The average Bonchev–Trinajstić information content (AvgIpc) is 2.37. The third-order valence-electron chi connectivity index (χ3n) is 2.80. The zero-order valence-corrected chi connectivity index (χ0v) is 12.4. The molecular formula is C14H11BrClF2N. The van der Waals surface area contributed by atoms with Crippen LogP contribution in [0, 0.1) is 18.6 Å². The Hall–Kier alpha value is -1.13. The Morgan fingerprint density at radius 2 is 1.95 bits per heavy atom. The van der Waals surface area contributed by atoms with Crippen LogP contribution >= 0.6 is 27.5 Å². The number of rotatable bonds is 3. The summed E-state index contributed by atoms with van der Waals surface area (Å²) in [5.74, 6) is -1.19. The molecule has 0 radical (unpaired) electrons. The average molecular weight is 347 g/mol. The second-order valence-electron chi connectivity index (χ2n) is 4.11. The Bertz CT molecular complexity index is 596. The number of nitrogens with one attached hydrogen (secondary N) is 1. The molecule has 0 amide bonds. The number of aryl methyl sites for hydroxylation is 1. The zero-order chi connectivity index (χ0) is 14.0. The SMILES string of the molecule is Cc1cccc(Cl)c1NCc1c(F)ccc(Br)c1F. The van der Waals surface area contributed by atoms with E-state index in [2.05, 4.69) is 21.2 Å². The molecule has 0 bridgehead atoms. The molecule has 2 rings (SSSR count). The number of para-hydroxylation sites is 1. The van der Waals surface area contributed by atoms with Crippen molar-refractivity contribution in [3.05, 3.63) is 62.6 Å². The second-order valence-corrected chi connectivity index (χ2v) is 5.37. The molecule has 0 atom stereocenters. The summed E-state index contributed by atoms with van der Waals surface area (Å²) in [4.78, 5) is 0. The van der Waals surface area contributed by atoms with Gasteiger partial charge in [-0.1, -0.05) is 23.7 Å². The van der Waals surface area contributed by atoms with Gasteiger partial charge in [-0.2, -0.15) is 0 Å². The quantitative estimate of drug-likeness (QED) is 0.744. The molecule has 2 aromatic carbocycles. The first-order valence-corrected chi connectivity index (χ1v) is 6.79. The van der Waals surface area contributed by atoms with Crippen LogP contribution in [0.4, 0.5) is 14.5 Å². The predicted octanol–water partition coefficient (Wildman–Crippen LogP) is 5.30. The fourth-order valence-corrected chi connectivity index (χ4v) is 2.42. The van der Waals surface area contributed by atoms with Crippen molar-refractivity contribution in [2.45, 2.75) is 13.5 Å². The molecular weight excluding hydrogens is 336 g/mol.